The number of hydrogen-bond donors (Lipinski definition) is 1. The number of hydrogen-bond acceptors (Lipinski definition) is 4. The van der Waals surface area contributed by atoms with Crippen LogP contribution in [0, 0.1) is 5.82 Å². The standard InChI is InChI=1S/C14H15ClFN3S.ClH/c15-12-4-1-5-13(16)11(12)10-17-6-3-9-20-14-18-7-2-8-19-14;/h1-2,4-5,7-8,17H,3,6,9-10H2;1H/p-1. The van der Waals surface area contributed by atoms with Gasteiger partial charge in [-0.15, -0.1) is 0 Å². The van der Waals surface area contributed by atoms with E-state index in [9.17, 15) is 4.39 Å². The molecule has 0 aliphatic rings. The molecule has 0 saturated carbocycles. The highest BCUT2D eigenvalue weighted by Crippen LogP contribution is 2.18. The molecule has 1 aromatic carbocycles. The van der Waals surface area contributed by atoms with E-state index in [1.54, 1.807) is 42.4 Å². The van der Waals surface area contributed by atoms with Crippen LogP contribution in [0.2, 0.25) is 5.02 Å². The first-order valence-corrected chi connectivity index (χ1v) is 7.67. The molecule has 2 rings (SSSR count). The summed E-state index contributed by atoms with van der Waals surface area (Å²) in [6.07, 6.45) is 4.41. The third kappa shape index (κ3) is 6.18. The maximum atomic E-state index is 13.5. The second-order valence-corrected chi connectivity index (χ2v) is 5.58. The summed E-state index contributed by atoms with van der Waals surface area (Å²) in [7, 11) is 0. The van der Waals surface area contributed by atoms with Crippen LogP contribution in [0.3, 0.4) is 0 Å². The molecule has 0 aliphatic heterocycles. The van der Waals surface area contributed by atoms with Gasteiger partial charge >= 0.3 is 0 Å². The number of nitrogens with zero attached hydrogens (tertiary/aromatic N) is 2. The minimum atomic E-state index is -0.267. The minimum absolute atomic E-state index is 0. The average Bonchev–Trinajstić information content (AvgIpc) is 2.46. The topological polar surface area (TPSA) is 37.8 Å². The largest absolute Gasteiger partial charge is 1.00 e. The molecule has 7 heteroatoms. The lowest BCUT2D eigenvalue weighted by atomic mass is 10.2. The van der Waals surface area contributed by atoms with Gasteiger partial charge in [-0.2, -0.15) is 0 Å². The van der Waals surface area contributed by atoms with Gasteiger partial charge in [-0.05, 0) is 31.2 Å². The van der Waals surface area contributed by atoms with E-state index in [0.717, 1.165) is 23.9 Å². The third-order valence-corrected chi connectivity index (χ3v) is 3.95. The first kappa shape index (κ1) is 18.2. The van der Waals surface area contributed by atoms with Gasteiger partial charge in [-0.25, -0.2) is 14.4 Å². The van der Waals surface area contributed by atoms with Crippen molar-refractivity contribution in [2.75, 3.05) is 12.3 Å². The van der Waals surface area contributed by atoms with Crippen LogP contribution in [0.5, 0.6) is 0 Å². The molecule has 0 amide bonds. The highest BCUT2D eigenvalue weighted by molar-refractivity contribution is 7.99. The summed E-state index contributed by atoms with van der Waals surface area (Å²) >= 11 is 7.56. The Balaban J connectivity index is 0.00000220. The van der Waals surface area contributed by atoms with Gasteiger partial charge in [0.25, 0.3) is 0 Å². The van der Waals surface area contributed by atoms with Crippen LogP contribution in [0.25, 0.3) is 0 Å². The number of aromatic nitrogens is 2. The zero-order valence-electron chi connectivity index (χ0n) is 11.2. The van der Waals surface area contributed by atoms with Crippen molar-refractivity contribution < 1.29 is 16.8 Å². The minimum Gasteiger partial charge on any atom is -1.00 e. The fourth-order valence-electron chi connectivity index (χ4n) is 1.64. The molecule has 1 N–H and O–H groups in total. The normalized spacial score (nSPS) is 10.2. The van der Waals surface area contributed by atoms with Gasteiger partial charge in [0.05, 0.1) is 0 Å². The maximum Gasteiger partial charge on any atom is 0.187 e. The van der Waals surface area contributed by atoms with Crippen LogP contribution < -0.4 is 17.7 Å². The van der Waals surface area contributed by atoms with E-state index in [0.29, 0.717) is 17.1 Å². The Kier molecular flexibility index (Phi) is 8.61. The van der Waals surface area contributed by atoms with E-state index < -0.39 is 0 Å². The van der Waals surface area contributed by atoms with E-state index in [1.165, 1.54) is 6.07 Å². The Morgan fingerprint density at radius 2 is 1.95 bits per heavy atom. The first-order valence-electron chi connectivity index (χ1n) is 6.31. The SMILES string of the molecule is Fc1cccc(Cl)c1CNCCCSc1ncccn1.[Cl-]. The van der Waals surface area contributed by atoms with Gasteiger partial charge in [0, 0.05) is 35.3 Å². The fraction of sp³-hybridized carbons (Fsp3) is 0.286. The van der Waals surface area contributed by atoms with Crippen LogP contribution >= 0.6 is 23.4 Å². The van der Waals surface area contributed by atoms with Gasteiger partial charge in [-0.1, -0.05) is 29.4 Å². The van der Waals surface area contributed by atoms with Crippen LogP contribution in [-0.4, -0.2) is 22.3 Å². The monoisotopic (exact) mass is 346 g/mol. The van der Waals surface area contributed by atoms with Gasteiger partial charge < -0.3 is 17.7 Å². The number of thioether (sulfide) groups is 1. The zero-order valence-corrected chi connectivity index (χ0v) is 13.6. The Hall–Kier alpha value is -0.880. The first-order chi connectivity index (χ1) is 9.77. The second-order valence-electron chi connectivity index (χ2n) is 4.11. The Morgan fingerprint density at radius 3 is 2.67 bits per heavy atom. The van der Waals surface area contributed by atoms with E-state index in [1.807, 2.05) is 0 Å². The number of benzene rings is 1. The molecule has 3 nitrogen and oxygen atoms in total. The average molecular weight is 347 g/mol. The fourth-order valence-corrected chi connectivity index (χ4v) is 2.61. The molecule has 21 heavy (non-hydrogen) atoms. The van der Waals surface area contributed by atoms with E-state index >= 15 is 0 Å². The van der Waals surface area contributed by atoms with Crippen molar-refractivity contribution in [3.8, 4) is 0 Å². The van der Waals surface area contributed by atoms with Crippen molar-refractivity contribution in [3.05, 3.63) is 53.1 Å². The molecule has 0 unspecified atom stereocenters. The van der Waals surface area contributed by atoms with Crippen LogP contribution in [0.1, 0.15) is 12.0 Å². The predicted molar refractivity (Wildman–Crippen MR) is 80.5 cm³/mol. The number of halogens is 3. The predicted octanol–water partition coefficient (Wildman–Crippen LogP) is 0.545. The molecule has 0 fully saturated rings. The lowest BCUT2D eigenvalue weighted by Crippen LogP contribution is -3.00. The molecular formula is C14H15Cl2FN3S-. The van der Waals surface area contributed by atoms with Crippen molar-refractivity contribution in [1.29, 1.82) is 0 Å². The molecule has 0 aliphatic carbocycles. The zero-order chi connectivity index (χ0) is 14.2. The molecule has 0 spiro atoms. The van der Waals surface area contributed by atoms with E-state index in [4.69, 9.17) is 11.6 Å². The molecule has 1 aromatic heterocycles. The van der Waals surface area contributed by atoms with E-state index in [2.05, 4.69) is 15.3 Å². The van der Waals surface area contributed by atoms with E-state index in [-0.39, 0.29) is 18.2 Å². The summed E-state index contributed by atoms with van der Waals surface area (Å²) in [5.74, 6) is 0.652. The molecule has 114 valence electrons. The van der Waals surface area contributed by atoms with Crippen molar-refractivity contribution in [3.63, 3.8) is 0 Å². The number of rotatable bonds is 7. The summed E-state index contributed by atoms with van der Waals surface area (Å²) in [6.45, 7) is 1.24. The van der Waals surface area contributed by atoms with Crippen molar-refractivity contribution in [1.82, 2.24) is 15.3 Å². The lowest BCUT2D eigenvalue weighted by Gasteiger charge is -2.07. The smallest absolute Gasteiger partial charge is 0.187 e. The van der Waals surface area contributed by atoms with Crippen LogP contribution in [0.4, 0.5) is 4.39 Å². The molecular weight excluding hydrogens is 332 g/mol. The Bertz CT molecular complexity index is 523. The maximum absolute atomic E-state index is 13.5. The quantitative estimate of drug-likeness (QED) is 0.451. The Morgan fingerprint density at radius 1 is 1.19 bits per heavy atom. The number of nitrogens with one attached hydrogen (secondary N) is 1. The Labute approximate surface area is 139 Å². The molecule has 1 heterocycles. The van der Waals surface area contributed by atoms with Gasteiger partial charge in [0.1, 0.15) is 5.82 Å². The van der Waals surface area contributed by atoms with Crippen LogP contribution in [0.15, 0.2) is 41.8 Å². The third-order valence-electron chi connectivity index (χ3n) is 2.63. The van der Waals surface area contributed by atoms with Gasteiger partial charge in [0.2, 0.25) is 0 Å². The van der Waals surface area contributed by atoms with Crippen LogP contribution in [-0.2, 0) is 6.54 Å². The highest BCUT2D eigenvalue weighted by atomic mass is 35.5. The summed E-state index contributed by atoms with van der Waals surface area (Å²) in [4.78, 5) is 8.26. The molecule has 0 atom stereocenters. The van der Waals surface area contributed by atoms with Gasteiger partial charge in [-0.3, -0.25) is 0 Å². The summed E-state index contributed by atoms with van der Waals surface area (Å²) in [6, 6.07) is 6.52. The van der Waals surface area contributed by atoms with Crippen molar-refractivity contribution in [2.45, 2.75) is 18.1 Å². The van der Waals surface area contributed by atoms with Gasteiger partial charge in [0.15, 0.2) is 5.16 Å². The summed E-state index contributed by atoms with van der Waals surface area (Å²) in [5, 5.41) is 4.44. The van der Waals surface area contributed by atoms with Crippen molar-refractivity contribution >= 4 is 23.4 Å². The molecule has 0 saturated heterocycles. The molecule has 2 aromatic rings. The highest BCUT2D eigenvalue weighted by Gasteiger charge is 2.05. The van der Waals surface area contributed by atoms with Crippen molar-refractivity contribution in [2.24, 2.45) is 0 Å². The second kappa shape index (κ2) is 9.95. The molecule has 0 bridgehead atoms. The molecule has 0 radical (unpaired) electrons. The summed E-state index contributed by atoms with van der Waals surface area (Å²) < 4.78 is 13.5. The summed E-state index contributed by atoms with van der Waals surface area (Å²) in [5.41, 5.74) is 0.521. The lowest BCUT2D eigenvalue weighted by molar-refractivity contribution is -0.00000466.